The average Bonchev–Trinajstić information content (AvgIpc) is 2.79. The Morgan fingerprint density at radius 3 is 2.42 bits per heavy atom. The zero-order valence-electron chi connectivity index (χ0n) is 19.0. The number of esters is 1. The smallest absolute Gasteiger partial charge is 0.343 e. The van der Waals surface area contributed by atoms with E-state index in [1.54, 1.807) is 19.1 Å². The minimum atomic E-state index is -0.570. The van der Waals surface area contributed by atoms with Crippen molar-refractivity contribution in [3.8, 4) is 5.75 Å². The second-order valence-electron chi connectivity index (χ2n) is 7.54. The van der Waals surface area contributed by atoms with Crippen LogP contribution in [0.1, 0.15) is 17.3 Å². The van der Waals surface area contributed by atoms with Crippen LogP contribution in [0.5, 0.6) is 5.75 Å². The second kappa shape index (κ2) is 11.8. The summed E-state index contributed by atoms with van der Waals surface area (Å²) in [6, 6.07) is 16.6. The predicted octanol–water partition coefficient (Wildman–Crippen LogP) is 3.44. The molecular weight excluding hydrogens is 422 g/mol. The first-order chi connectivity index (χ1) is 15.9. The van der Waals surface area contributed by atoms with Crippen LogP contribution in [0.2, 0.25) is 0 Å². The molecule has 0 aliphatic carbocycles. The molecule has 1 aromatic heterocycles. The van der Waals surface area contributed by atoms with Crippen molar-refractivity contribution < 1.29 is 19.4 Å². The van der Waals surface area contributed by atoms with Gasteiger partial charge >= 0.3 is 5.97 Å². The van der Waals surface area contributed by atoms with Gasteiger partial charge in [-0.15, -0.1) is 0 Å². The molecule has 0 radical (unpaired) electrons. The van der Waals surface area contributed by atoms with Gasteiger partial charge in [0.25, 0.3) is 0 Å². The van der Waals surface area contributed by atoms with Gasteiger partial charge < -0.3 is 30.1 Å². The van der Waals surface area contributed by atoms with E-state index in [-0.39, 0.29) is 18.8 Å². The number of aromatic nitrogens is 2. The molecule has 33 heavy (non-hydrogen) atoms. The molecule has 3 aromatic rings. The highest BCUT2D eigenvalue weighted by atomic mass is 16.5. The number of para-hydroxylation sites is 1. The first-order valence-corrected chi connectivity index (χ1v) is 10.6. The SMILES string of the molecule is CCOC(=O)c1cnc(Nc2ccc(OC[C@@H](O)CN(C)C)cc2)nc1Nc1ccccc1. The van der Waals surface area contributed by atoms with Gasteiger partial charge in [-0.2, -0.15) is 4.98 Å². The van der Waals surface area contributed by atoms with E-state index in [1.807, 2.05) is 61.5 Å². The number of aliphatic hydroxyl groups is 1. The number of ether oxygens (including phenoxy) is 2. The number of rotatable bonds is 11. The monoisotopic (exact) mass is 451 g/mol. The van der Waals surface area contributed by atoms with Crippen LogP contribution in [-0.4, -0.2) is 65.9 Å². The lowest BCUT2D eigenvalue weighted by atomic mass is 10.2. The molecule has 9 nitrogen and oxygen atoms in total. The normalized spacial score (nSPS) is 11.7. The minimum absolute atomic E-state index is 0.206. The molecule has 174 valence electrons. The number of carbonyl (C=O) groups is 1. The molecular formula is C24H29N5O4. The van der Waals surface area contributed by atoms with Gasteiger partial charge in [0, 0.05) is 24.1 Å². The maximum absolute atomic E-state index is 12.3. The van der Waals surface area contributed by atoms with Gasteiger partial charge in [-0.3, -0.25) is 0 Å². The molecule has 0 bridgehead atoms. The van der Waals surface area contributed by atoms with Crippen molar-refractivity contribution >= 4 is 29.1 Å². The van der Waals surface area contributed by atoms with Crippen LogP contribution < -0.4 is 15.4 Å². The van der Waals surface area contributed by atoms with Crippen molar-refractivity contribution in [2.75, 3.05) is 44.5 Å². The Morgan fingerprint density at radius 1 is 1.06 bits per heavy atom. The topological polar surface area (TPSA) is 109 Å². The van der Waals surface area contributed by atoms with Gasteiger partial charge in [-0.25, -0.2) is 9.78 Å². The molecule has 9 heteroatoms. The number of aliphatic hydroxyl groups excluding tert-OH is 1. The van der Waals surface area contributed by atoms with Crippen molar-refractivity contribution in [2.24, 2.45) is 0 Å². The van der Waals surface area contributed by atoms with E-state index < -0.39 is 12.1 Å². The number of anilines is 4. The molecule has 1 heterocycles. The fourth-order valence-corrected chi connectivity index (χ4v) is 2.98. The Balaban J connectivity index is 1.71. The lowest BCUT2D eigenvalue weighted by Gasteiger charge is -2.16. The largest absolute Gasteiger partial charge is 0.491 e. The minimum Gasteiger partial charge on any atom is -0.491 e. The van der Waals surface area contributed by atoms with Crippen LogP contribution in [0.4, 0.5) is 23.1 Å². The van der Waals surface area contributed by atoms with Crippen molar-refractivity contribution in [3.63, 3.8) is 0 Å². The summed E-state index contributed by atoms with van der Waals surface area (Å²) in [6.07, 6.45) is 0.863. The maximum Gasteiger partial charge on any atom is 0.343 e. The van der Waals surface area contributed by atoms with Gasteiger partial charge in [0.15, 0.2) is 5.82 Å². The van der Waals surface area contributed by atoms with Crippen molar-refractivity contribution in [1.29, 1.82) is 0 Å². The fraction of sp³-hybridized carbons (Fsp3) is 0.292. The van der Waals surface area contributed by atoms with Crippen LogP contribution in [0, 0.1) is 0 Å². The lowest BCUT2D eigenvalue weighted by molar-refractivity contribution is 0.0526. The van der Waals surface area contributed by atoms with E-state index in [9.17, 15) is 9.90 Å². The Labute approximate surface area is 193 Å². The summed E-state index contributed by atoms with van der Waals surface area (Å²) in [4.78, 5) is 23.0. The number of carbonyl (C=O) groups excluding carboxylic acids is 1. The highest BCUT2D eigenvalue weighted by Crippen LogP contribution is 2.23. The average molecular weight is 452 g/mol. The van der Waals surface area contributed by atoms with Gasteiger partial charge in [-0.1, -0.05) is 18.2 Å². The van der Waals surface area contributed by atoms with Crippen LogP contribution in [0.15, 0.2) is 60.8 Å². The van der Waals surface area contributed by atoms with Crippen molar-refractivity contribution in [3.05, 3.63) is 66.4 Å². The summed E-state index contributed by atoms with van der Waals surface area (Å²) >= 11 is 0. The molecule has 3 rings (SSSR count). The first-order valence-electron chi connectivity index (χ1n) is 10.6. The molecule has 0 saturated heterocycles. The lowest BCUT2D eigenvalue weighted by Crippen LogP contribution is -2.30. The standard InChI is InChI=1S/C24H29N5O4/c1-4-32-23(31)21-14-25-24(28-22(21)26-17-8-6-5-7-9-17)27-18-10-12-20(13-11-18)33-16-19(30)15-29(2)3/h5-14,19,30H,4,15-16H2,1-3H3,(H2,25,26,27,28)/t19-/m0/s1. The molecule has 0 aliphatic heterocycles. The molecule has 0 amide bonds. The summed E-state index contributed by atoms with van der Waals surface area (Å²) in [7, 11) is 3.79. The van der Waals surface area contributed by atoms with Crippen LogP contribution in [-0.2, 0) is 4.74 Å². The Kier molecular flexibility index (Phi) is 8.56. The summed E-state index contributed by atoms with van der Waals surface area (Å²) in [6.45, 7) is 2.73. The highest BCUT2D eigenvalue weighted by molar-refractivity contribution is 5.95. The second-order valence-corrected chi connectivity index (χ2v) is 7.54. The molecule has 0 aliphatic rings. The number of likely N-dealkylation sites (N-methyl/N-ethyl adjacent to an activating group) is 1. The fourth-order valence-electron chi connectivity index (χ4n) is 2.98. The number of benzene rings is 2. The maximum atomic E-state index is 12.3. The Hall–Kier alpha value is -3.69. The van der Waals surface area contributed by atoms with E-state index in [0.29, 0.717) is 24.1 Å². The van der Waals surface area contributed by atoms with Crippen LogP contribution in [0.3, 0.4) is 0 Å². The molecule has 0 fully saturated rings. The van der Waals surface area contributed by atoms with Gasteiger partial charge in [0.1, 0.15) is 24.0 Å². The molecule has 0 spiro atoms. The number of nitrogens with zero attached hydrogens (tertiary/aromatic N) is 3. The molecule has 3 N–H and O–H groups in total. The predicted molar refractivity (Wildman–Crippen MR) is 127 cm³/mol. The summed E-state index contributed by atoms with van der Waals surface area (Å²) in [5.41, 5.74) is 1.77. The Bertz CT molecular complexity index is 1030. The summed E-state index contributed by atoms with van der Waals surface area (Å²) in [5.74, 6) is 0.798. The van der Waals surface area contributed by atoms with E-state index in [4.69, 9.17) is 9.47 Å². The van der Waals surface area contributed by atoms with Gasteiger partial charge in [-0.05, 0) is 57.4 Å². The van der Waals surface area contributed by atoms with E-state index >= 15 is 0 Å². The third kappa shape index (κ3) is 7.44. The first kappa shape index (κ1) is 24.0. The van der Waals surface area contributed by atoms with E-state index in [1.165, 1.54) is 6.20 Å². The zero-order valence-corrected chi connectivity index (χ0v) is 19.0. The molecule has 0 saturated carbocycles. The Morgan fingerprint density at radius 2 is 1.76 bits per heavy atom. The van der Waals surface area contributed by atoms with Crippen LogP contribution >= 0.6 is 0 Å². The third-order valence-corrected chi connectivity index (χ3v) is 4.45. The molecule has 2 aromatic carbocycles. The summed E-state index contributed by atoms with van der Waals surface area (Å²) in [5, 5.41) is 16.2. The molecule has 1 atom stereocenters. The quantitative estimate of drug-likeness (QED) is 0.378. The third-order valence-electron chi connectivity index (χ3n) is 4.45. The van der Waals surface area contributed by atoms with Crippen molar-refractivity contribution in [1.82, 2.24) is 14.9 Å². The van der Waals surface area contributed by atoms with Gasteiger partial charge in [0.05, 0.1) is 6.61 Å². The zero-order chi connectivity index (χ0) is 23.6. The highest BCUT2D eigenvalue weighted by Gasteiger charge is 2.16. The number of hydrogen-bond acceptors (Lipinski definition) is 9. The van der Waals surface area contributed by atoms with E-state index in [2.05, 4.69) is 20.6 Å². The van der Waals surface area contributed by atoms with E-state index in [0.717, 1.165) is 11.4 Å². The van der Waals surface area contributed by atoms with Crippen molar-refractivity contribution in [2.45, 2.75) is 13.0 Å². The van der Waals surface area contributed by atoms with Crippen LogP contribution in [0.25, 0.3) is 0 Å². The summed E-state index contributed by atoms with van der Waals surface area (Å²) < 4.78 is 10.8. The number of hydrogen-bond donors (Lipinski definition) is 3. The van der Waals surface area contributed by atoms with Gasteiger partial charge in [0.2, 0.25) is 5.95 Å². The number of nitrogens with one attached hydrogen (secondary N) is 2. The molecule has 0 unspecified atom stereocenters.